The summed E-state index contributed by atoms with van der Waals surface area (Å²) in [6, 6.07) is 1.46. The van der Waals surface area contributed by atoms with Gasteiger partial charge in [-0.15, -0.1) is 0 Å². The van der Waals surface area contributed by atoms with Crippen molar-refractivity contribution in [2.45, 2.75) is 27.2 Å². The lowest BCUT2D eigenvalue weighted by Crippen LogP contribution is -2.36. The number of amides is 1. The molecule has 22 heavy (non-hydrogen) atoms. The first-order valence-electron chi connectivity index (χ1n) is 7.14. The zero-order valence-corrected chi connectivity index (χ0v) is 13.8. The van der Waals surface area contributed by atoms with E-state index in [9.17, 15) is 9.59 Å². The quantitative estimate of drug-likeness (QED) is 0.793. The van der Waals surface area contributed by atoms with Crippen LogP contribution in [0.3, 0.4) is 0 Å². The van der Waals surface area contributed by atoms with Crippen molar-refractivity contribution in [1.29, 1.82) is 0 Å². The molecule has 1 N–H and O–H groups in total. The number of aliphatic carboxylic acids is 1. The Balaban J connectivity index is 2.88. The van der Waals surface area contributed by atoms with Crippen LogP contribution in [0.4, 0.5) is 0 Å². The van der Waals surface area contributed by atoms with E-state index >= 15 is 0 Å². The molecule has 0 spiro atoms. The number of rotatable bonds is 8. The van der Waals surface area contributed by atoms with Crippen LogP contribution in [0.5, 0.6) is 5.88 Å². The highest BCUT2D eigenvalue weighted by atomic mass is 35.5. The largest absolute Gasteiger partial charge is 0.480 e. The fourth-order valence-electron chi connectivity index (χ4n) is 1.76. The number of carboxylic acids is 1. The molecule has 0 radical (unpaired) electrons. The van der Waals surface area contributed by atoms with Crippen molar-refractivity contribution in [3.05, 3.63) is 22.8 Å². The Bertz CT molecular complexity index is 534. The summed E-state index contributed by atoms with van der Waals surface area (Å²) in [5.41, 5.74) is 0.247. The van der Waals surface area contributed by atoms with Gasteiger partial charge in [0.15, 0.2) is 0 Å². The third-order valence-corrected chi connectivity index (χ3v) is 2.99. The molecule has 0 bridgehead atoms. The van der Waals surface area contributed by atoms with E-state index in [1.165, 1.54) is 17.2 Å². The van der Waals surface area contributed by atoms with Gasteiger partial charge in [-0.3, -0.25) is 9.59 Å². The van der Waals surface area contributed by atoms with Crippen LogP contribution in [0.1, 0.15) is 37.6 Å². The Hall–Kier alpha value is -1.82. The molecule has 0 saturated heterocycles. The lowest BCUT2D eigenvalue weighted by molar-refractivity contribution is -0.137. The van der Waals surface area contributed by atoms with E-state index in [2.05, 4.69) is 4.98 Å². The Morgan fingerprint density at radius 2 is 2.14 bits per heavy atom. The number of carbonyl (C=O) groups is 2. The van der Waals surface area contributed by atoms with Gasteiger partial charge in [0.25, 0.3) is 5.91 Å². The summed E-state index contributed by atoms with van der Waals surface area (Å²) in [5, 5.41) is 9.11. The van der Waals surface area contributed by atoms with Crippen molar-refractivity contribution in [3.63, 3.8) is 0 Å². The van der Waals surface area contributed by atoms with Crippen molar-refractivity contribution < 1.29 is 19.4 Å². The van der Waals surface area contributed by atoms with Gasteiger partial charge in [-0.1, -0.05) is 32.4 Å². The molecule has 1 rings (SSSR count). The minimum Gasteiger partial charge on any atom is -0.480 e. The minimum absolute atomic E-state index is 0.235. The highest BCUT2D eigenvalue weighted by Gasteiger charge is 2.19. The molecule has 0 aliphatic carbocycles. The van der Waals surface area contributed by atoms with Crippen LogP contribution >= 0.6 is 11.6 Å². The lowest BCUT2D eigenvalue weighted by Gasteiger charge is -2.20. The second-order valence-corrected chi connectivity index (χ2v) is 5.74. The van der Waals surface area contributed by atoms with E-state index in [1.807, 2.05) is 20.8 Å². The molecule has 0 saturated carbocycles. The van der Waals surface area contributed by atoms with Gasteiger partial charge in [0.1, 0.15) is 11.6 Å². The lowest BCUT2D eigenvalue weighted by atomic mass is 10.2. The van der Waals surface area contributed by atoms with Crippen molar-refractivity contribution in [2.75, 3.05) is 19.7 Å². The van der Waals surface area contributed by atoms with E-state index in [4.69, 9.17) is 21.4 Å². The average Bonchev–Trinajstić information content (AvgIpc) is 2.44. The summed E-state index contributed by atoms with van der Waals surface area (Å²) < 4.78 is 5.44. The number of carbonyl (C=O) groups excluding carboxylic acids is 1. The topological polar surface area (TPSA) is 79.7 Å². The first-order chi connectivity index (χ1) is 10.3. The fourth-order valence-corrected chi connectivity index (χ4v) is 1.98. The second kappa shape index (κ2) is 8.58. The van der Waals surface area contributed by atoms with Gasteiger partial charge in [-0.2, -0.15) is 0 Å². The van der Waals surface area contributed by atoms with Crippen LogP contribution in [0, 0.1) is 5.92 Å². The van der Waals surface area contributed by atoms with Gasteiger partial charge < -0.3 is 14.7 Å². The summed E-state index contributed by atoms with van der Waals surface area (Å²) in [4.78, 5) is 28.5. The predicted molar refractivity (Wildman–Crippen MR) is 83.4 cm³/mol. The smallest absolute Gasteiger partial charge is 0.323 e. The highest BCUT2D eigenvalue weighted by molar-refractivity contribution is 6.32. The van der Waals surface area contributed by atoms with E-state index in [-0.39, 0.29) is 23.0 Å². The molecule has 0 unspecified atom stereocenters. The molecule has 0 aliphatic rings. The van der Waals surface area contributed by atoms with E-state index in [0.717, 1.165) is 0 Å². The van der Waals surface area contributed by atoms with E-state index in [0.29, 0.717) is 25.5 Å². The molecule has 0 aromatic carbocycles. The SMILES string of the molecule is CCCN(CC(=O)O)C(=O)c1cnc(OCC(C)C)c(Cl)c1. The summed E-state index contributed by atoms with van der Waals surface area (Å²) >= 11 is 6.07. The number of nitrogens with zero attached hydrogens (tertiary/aromatic N) is 2. The maximum atomic E-state index is 12.3. The summed E-state index contributed by atoms with van der Waals surface area (Å²) in [6.07, 6.45) is 2.02. The molecule has 1 amide bonds. The highest BCUT2D eigenvalue weighted by Crippen LogP contribution is 2.23. The molecule has 1 aromatic heterocycles. The standard InChI is InChI=1S/C15H21ClN2O4/c1-4-5-18(8-13(19)20)15(21)11-6-12(16)14(17-7-11)22-9-10(2)3/h6-7,10H,4-5,8-9H2,1-3H3,(H,19,20). The van der Waals surface area contributed by atoms with Gasteiger partial charge >= 0.3 is 5.97 Å². The Kier molecular flexibility index (Phi) is 7.11. The number of pyridine rings is 1. The van der Waals surface area contributed by atoms with Gasteiger partial charge in [-0.25, -0.2) is 4.98 Å². The first kappa shape index (κ1) is 18.2. The maximum absolute atomic E-state index is 12.3. The van der Waals surface area contributed by atoms with Crippen LogP contribution < -0.4 is 4.74 Å². The Morgan fingerprint density at radius 3 is 2.64 bits per heavy atom. The Labute approximate surface area is 135 Å². The summed E-state index contributed by atoms with van der Waals surface area (Å²) in [6.45, 7) is 6.35. The molecule has 1 aromatic rings. The Morgan fingerprint density at radius 1 is 1.45 bits per heavy atom. The van der Waals surface area contributed by atoms with E-state index < -0.39 is 11.9 Å². The average molecular weight is 329 g/mol. The predicted octanol–water partition coefficient (Wildman–Crippen LogP) is 2.71. The molecule has 0 atom stereocenters. The monoisotopic (exact) mass is 328 g/mol. The fraction of sp³-hybridized carbons (Fsp3) is 0.533. The van der Waals surface area contributed by atoms with E-state index in [1.54, 1.807) is 0 Å². The van der Waals surface area contributed by atoms with Gasteiger partial charge in [-0.05, 0) is 18.4 Å². The van der Waals surface area contributed by atoms with Crippen LogP contribution in [0.25, 0.3) is 0 Å². The molecule has 1 heterocycles. The van der Waals surface area contributed by atoms with Crippen LogP contribution in [-0.4, -0.2) is 46.6 Å². The van der Waals surface area contributed by atoms with Crippen LogP contribution in [0.15, 0.2) is 12.3 Å². The second-order valence-electron chi connectivity index (χ2n) is 5.34. The van der Waals surface area contributed by atoms with Gasteiger partial charge in [0, 0.05) is 12.7 Å². The third kappa shape index (κ3) is 5.52. The summed E-state index contributed by atoms with van der Waals surface area (Å²) in [7, 11) is 0. The summed E-state index contributed by atoms with van der Waals surface area (Å²) in [5.74, 6) is -0.867. The molecule has 0 fully saturated rings. The zero-order chi connectivity index (χ0) is 16.7. The number of carboxylic acid groups (broad SMARTS) is 1. The van der Waals surface area contributed by atoms with Crippen molar-refractivity contribution in [3.8, 4) is 5.88 Å². The molecular weight excluding hydrogens is 308 g/mol. The molecule has 0 aliphatic heterocycles. The normalized spacial score (nSPS) is 10.6. The minimum atomic E-state index is -1.06. The third-order valence-electron chi connectivity index (χ3n) is 2.71. The van der Waals surface area contributed by atoms with Crippen LogP contribution in [0.2, 0.25) is 5.02 Å². The first-order valence-corrected chi connectivity index (χ1v) is 7.52. The number of ether oxygens (including phenoxy) is 1. The zero-order valence-electron chi connectivity index (χ0n) is 13.0. The molecular formula is C15H21ClN2O4. The van der Waals surface area contributed by atoms with Crippen molar-refractivity contribution >= 4 is 23.5 Å². The molecule has 6 nitrogen and oxygen atoms in total. The number of aromatic nitrogens is 1. The number of hydrogen-bond acceptors (Lipinski definition) is 4. The van der Waals surface area contributed by atoms with Gasteiger partial charge in [0.2, 0.25) is 5.88 Å². The van der Waals surface area contributed by atoms with Crippen molar-refractivity contribution in [2.24, 2.45) is 5.92 Å². The van der Waals surface area contributed by atoms with Crippen molar-refractivity contribution in [1.82, 2.24) is 9.88 Å². The van der Waals surface area contributed by atoms with Crippen LogP contribution in [-0.2, 0) is 4.79 Å². The number of halogens is 1. The van der Waals surface area contributed by atoms with Gasteiger partial charge in [0.05, 0.1) is 12.2 Å². The maximum Gasteiger partial charge on any atom is 0.323 e. The number of hydrogen-bond donors (Lipinski definition) is 1. The molecule has 122 valence electrons. The molecule has 7 heteroatoms.